The molecule has 8 heteroatoms. The SMILES string of the molecule is COc1ccc(C(OS(C)(=O)=O)C(Cl)(Cl)Cl)cc1. The minimum atomic E-state index is -3.75. The maximum absolute atomic E-state index is 11.2. The maximum Gasteiger partial charge on any atom is 0.265 e. The van der Waals surface area contributed by atoms with E-state index in [1.54, 1.807) is 24.3 Å². The topological polar surface area (TPSA) is 52.6 Å². The summed E-state index contributed by atoms with van der Waals surface area (Å²) in [6.07, 6.45) is -0.330. The first kappa shape index (κ1) is 15.9. The molecule has 0 heterocycles. The van der Waals surface area contributed by atoms with Crippen molar-refractivity contribution < 1.29 is 17.3 Å². The average molecular weight is 334 g/mol. The molecule has 0 fully saturated rings. The number of hydrogen-bond donors (Lipinski definition) is 0. The summed E-state index contributed by atoms with van der Waals surface area (Å²) in [5, 5.41) is 0. The summed E-state index contributed by atoms with van der Waals surface area (Å²) in [5.41, 5.74) is 0.418. The van der Waals surface area contributed by atoms with E-state index in [1.165, 1.54) is 7.11 Å². The molecular formula is C10H11Cl3O4S. The van der Waals surface area contributed by atoms with Gasteiger partial charge in [-0.2, -0.15) is 8.42 Å². The number of halogens is 3. The molecule has 1 unspecified atom stereocenters. The third kappa shape index (κ3) is 4.82. The van der Waals surface area contributed by atoms with Crippen LogP contribution in [0, 0.1) is 0 Å². The zero-order valence-corrected chi connectivity index (χ0v) is 12.6. The van der Waals surface area contributed by atoms with Crippen molar-refractivity contribution in [2.24, 2.45) is 0 Å². The van der Waals surface area contributed by atoms with Gasteiger partial charge in [0.25, 0.3) is 10.1 Å². The molecule has 0 aliphatic rings. The minimum absolute atomic E-state index is 0.418. The van der Waals surface area contributed by atoms with E-state index in [-0.39, 0.29) is 0 Å². The van der Waals surface area contributed by atoms with Crippen LogP contribution in [0.3, 0.4) is 0 Å². The predicted molar refractivity (Wildman–Crippen MR) is 72.0 cm³/mol. The van der Waals surface area contributed by atoms with Gasteiger partial charge in [-0.25, -0.2) is 0 Å². The highest BCUT2D eigenvalue weighted by molar-refractivity contribution is 7.86. The van der Waals surface area contributed by atoms with E-state index in [2.05, 4.69) is 0 Å². The molecule has 0 bridgehead atoms. The van der Waals surface area contributed by atoms with Crippen LogP contribution in [0.2, 0.25) is 0 Å². The number of ether oxygens (including phenoxy) is 1. The average Bonchev–Trinajstić information content (AvgIpc) is 2.24. The van der Waals surface area contributed by atoms with Gasteiger partial charge >= 0.3 is 0 Å². The van der Waals surface area contributed by atoms with Gasteiger partial charge in [-0.3, -0.25) is 4.18 Å². The Morgan fingerprint density at radius 3 is 2.00 bits per heavy atom. The molecule has 0 amide bonds. The molecule has 0 saturated carbocycles. The predicted octanol–water partition coefficient (Wildman–Crippen LogP) is 3.08. The summed E-state index contributed by atoms with van der Waals surface area (Å²) in [6.45, 7) is 0. The molecule has 0 saturated heterocycles. The first-order chi connectivity index (χ1) is 8.13. The molecule has 0 radical (unpaired) electrons. The summed E-state index contributed by atoms with van der Waals surface area (Å²) < 4.78 is 30.2. The van der Waals surface area contributed by atoms with Crippen molar-refractivity contribution >= 4 is 44.9 Å². The highest BCUT2D eigenvalue weighted by atomic mass is 35.6. The lowest BCUT2D eigenvalue weighted by Gasteiger charge is -2.23. The van der Waals surface area contributed by atoms with Crippen LogP contribution in [-0.2, 0) is 14.3 Å². The quantitative estimate of drug-likeness (QED) is 0.627. The second-order valence-corrected chi connectivity index (χ2v) is 7.46. The molecule has 0 aliphatic heterocycles. The summed E-state index contributed by atoms with van der Waals surface area (Å²) in [5.74, 6) is 0.598. The molecule has 0 aromatic heterocycles. The van der Waals surface area contributed by atoms with Crippen molar-refractivity contribution in [3.05, 3.63) is 29.8 Å². The largest absolute Gasteiger partial charge is 0.497 e. The molecule has 1 rings (SSSR count). The van der Waals surface area contributed by atoms with Gasteiger partial charge in [0.05, 0.1) is 13.4 Å². The lowest BCUT2D eigenvalue weighted by molar-refractivity contribution is 0.220. The zero-order valence-electron chi connectivity index (χ0n) is 9.56. The molecule has 1 aromatic rings. The van der Waals surface area contributed by atoms with Gasteiger partial charge in [-0.05, 0) is 17.7 Å². The highest BCUT2D eigenvalue weighted by Crippen LogP contribution is 2.43. The second kappa shape index (κ2) is 5.84. The van der Waals surface area contributed by atoms with Crippen LogP contribution in [0.15, 0.2) is 24.3 Å². The van der Waals surface area contributed by atoms with Crippen molar-refractivity contribution in [2.45, 2.75) is 9.90 Å². The fourth-order valence-electron chi connectivity index (χ4n) is 1.25. The van der Waals surface area contributed by atoms with Crippen LogP contribution in [0.4, 0.5) is 0 Å². The monoisotopic (exact) mass is 332 g/mol. The van der Waals surface area contributed by atoms with Crippen molar-refractivity contribution in [2.75, 3.05) is 13.4 Å². The summed E-state index contributed by atoms with van der Waals surface area (Å²) >= 11 is 17.2. The van der Waals surface area contributed by atoms with Crippen molar-refractivity contribution in [3.63, 3.8) is 0 Å². The number of methoxy groups -OCH3 is 1. The summed E-state index contributed by atoms with van der Waals surface area (Å²) in [6, 6.07) is 6.36. The standard InChI is InChI=1S/C10H11Cl3O4S/c1-16-8-5-3-7(4-6-8)9(10(11,12)13)17-18(2,14)15/h3-6,9H,1-2H3. The van der Waals surface area contributed by atoms with E-state index in [4.69, 9.17) is 43.7 Å². The van der Waals surface area contributed by atoms with Crippen molar-refractivity contribution in [3.8, 4) is 5.75 Å². The van der Waals surface area contributed by atoms with Gasteiger partial charge in [0.1, 0.15) is 11.9 Å². The Hall–Kier alpha value is -0.200. The van der Waals surface area contributed by atoms with Crippen LogP contribution in [0.5, 0.6) is 5.75 Å². The van der Waals surface area contributed by atoms with Crippen LogP contribution in [0.25, 0.3) is 0 Å². The van der Waals surface area contributed by atoms with E-state index in [0.717, 1.165) is 6.26 Å². The smallest absolute Gasteiger partial charge is 0.265 e. The number of hydrogen-bond acceptors (Lipinski definition) is 4. The number of rotatable bonds is 4. The normalized spacial score (nSPS) is 14.3. The molecular weight excluding hydrogens is 323 g/mol. The fraction of sp³-hybridized carbons (Fsp3) is 0.400. The van der Waals surface area contributed by atoms with Crippen molar-refractivity contribution in [1.29, 1.82) is 0 Å². The van der Waals surface area contributed by atoms with Crippen LogP contribution >= 0.6 is 34.8 Å². The third-order valence-electron chi connectivity index (χ3n) is 1.99. The summed E-state index contributed by atoms with van der Waals surface area (Å²) in [7, 11) is -2.25. The highest BCUT2D eigenvalue weighted by Gasteiger charge is 2.37. The molecule has 0 aliphatic carbocycles. The van der Waals surface area contributed by atoms with E-state index in [0.29, 0.717) is 11.3 Å². The first-order valence-corrected chi connectivity index (χ1v) is 7.67. The zero-order chi connectivity index (χ0) is 14.0. The summed E-state index contributed by atoms with van der Waals surface area (Å²) in [4.78, 5) is 0. The lowest BCUT2D eigenvalue weighted by atomic mass is 10.1. The Kier molecular flexibility index (Phi) is 5.14. The second-order valence-electron chi connectivity index (χ2n) is 3.50. The Morgan fingerprint density at radius 2 is 1.67 bits per heavy atom. The van der Waals surface area contributed by atoms with Crippen LogP contribution in [0.1, 0.15) is 11.7 Å². The van der Waals surface area contributed by atoms with Gasteiger partial charge in [0, 0.05) is 0 Å². The van der Waals surface area contributed by atoms with Gasteiger partial charge in [-0.1, -0.05) is 46.9 Å². The van der Waals surface area contributed by atoms with Crippen LogP contribution in [-0.4, -0.2) is 25.6 Å². The molecule has 4 nitrogen and oxygen atoms in total. The lowest BCUT2D eigenvalue weighted by Crippen LogP contribution is -2.23. The van der Waals surface area contributed by atoms with E-state index in [9.17, 15) is 8.42 Å². The molecule has 0 N–H and O–H groups in total. The Labute approximate surface area is 121 Å². The third-order valence-corrected chi connectivity index (χ3v) is 3.12. The van der Waals surface area contributed by atoms with Gasteiger partial charge in [0.2, 0.25) is 3.79 Å². The first-order valence-electron chi connectivity index (χ1n) is 4.72. The molecule has 18 heavy (non-hydrogen) atoms. The maximum atomic E-state index is 11.2. The molecule has 102 valence electrons. The van der Waals surface area contributed by atoms with Gasteiger partial charge in [-0.15, -0.1) is 0 Å². The van der Waals surface area contributed by atoms with Crippen LogP contribution < -0.4 is 4.74 Å². The van der Waals surface area contributed by atoms with Crippen molar-refractivity contribution in [1.82, 2.24) is 0 Å². The molecule has 0 spiro atoms. The number of alkyl halides is 3. The Bertz CT molecular complexity index is 493. The van der Waals surface area contributed by atoms with Gasteiger partial charge < -0.3 is 4.74 Å². The molecule has 1 aromatic carbocycles. The molecule has 1 atom stereocenters. The number of benzene rings is 1. The van der Waals surface area contributed by atoms with Gasteiger partial charge in [0.15, 0.2) is 0 Å². The van der Waals surface area contributed by atoms with E-state index < -0.39 is 20.0 Å². The Morgan fingerprint density at radius 1 is 1.17 bits per heavy atom. The minimum Gasteiger partial charge on any atom is -0.497 e. The van der Waals surface area contributed by atoms with E-state index >= 15 is 0 Å². The van der Waals surface area contributed by atoms with E-state index in [1.807, 2.05) is 0 Å². The Balaban J connectivity index is 3.10. The fourth-order valence-corrected chi connectivity index (χ4v) is 2.53.